The molecule has 0 fully saturated rings. The molecule has 0 amide bonds. The van der Waals surface area contributed by atoms with Crippen molar-refractivity contribution in [3.63, 3.8) is 0 Å². The van der Waals surface area contributed by atoms with Gasteiger partial charge >= 0.3 is 0 Å². The van der Waals surface area contributed by atoms with E-state index >= 15 is 0 Å². The SMILES string of the molecule is O=c1[nH]c(=S)n(Cc2ccccc2)c(O)c1C=NCc1ccco1. The number of H-pyrrole nitrogens is 1. The standard InChI is InChI=1S/C17H15N3O3S/c21-15-14(10-18-9-13-7-4-8-23-13)16(22)20(17(24)19-15)11-12-5-2-1-3-6-12/h1-8,10,22H,9,11H2,(H,19,21,24). The van der Waals surface area contributed by atoms with E-state index in [1.807, 2.05) is 30.3 Å². The zero-order valence-corrected chi connectivity index (χ0v) is 13.5. The van der Waals surface area contributed by atoms with E-state index < -0.39 is 5.56 Å². The van der Waals surface area contributed by atoms with Crippen molar-refractivity contribution in [1.29, 1.82) is 0 Å². The van der Waals surface area contributed by atoms with Gasteiger partial charge in [0.25, 0.3) is 5.56 Å². The quantitative estimate of drug-likeness (QED) is 0.552. The first kappa shape index (κ1) is 15.9. The van der Waals surface area contributed by atoms with Gasteiger partial charge in [0.2, 0.25) is 5.88 Å². The minimum atomic E-state index is -0.481. The highest BCUT2D eigenvalue weighted by Gasteiger charge is 2.11. The Hall–Kier alpha value is -2.93. The molecule has 2 aromatic heterocycles. The number of aromatic amines is 1. The van der Waals surface area contributed by atoms with Crippen LogP contribution in [-0.4, -0.2) is 20.9 Å². The maximum absolute atomic E-state index is 12.0. The molecule has 2 N–H and O–H groups in total. The van der Waals surface area contributed by atoms with Gasteiger partial charge in [-0.1, -0.05) is 30.3 Å². The fourth-order valence-electron chi connectivity index (χ4n) is 2.23. The Morgan fingerprint density at radius 3 is 2.75 bits per heavy atom. The Kier molecular flexibility index (Phi) is 4.72. The van der Waals surface area contributed by atoms with E-state index in [1.165, 1.54) is 10.8 Å². The van der Waals surface area contributed by atoms with Crippen LogP contribution in [-0.2, 0) is 13.1 Å². The number of furan rings is 1. The molecule has 0 aliphatic rings. The summed E-state index contributed by atoms with van der Waals surface area (Å²) < 4.78 is 6.79. The highest BCUT2D eigenvalue weighted by molar-refractivity contribution is 7.71. The Bertz CT molecular complexity index is 957. The molecule has 0 atom stereocenters. The van der Waals surface area contributed by atoms with Crippen LogP contribution in [0.15, 0.2) is 62.9 Å². The topological polar surface area (TPSA) is 83.5 Å². The minimum Gasteiger partial charge on any atom is -0.494 e. The van der Waals surface area contributed by atoms with Crippen LogP contribution < -0.4 is 5.56 Å². The van der Waals surface area contributed by atoms with E-state index in [-0.39, 0.29) is 22.8 Å². The summed E-state index contributed by atoms with van der Waals surface area (Å²) in [5, 5.41) is 10.4. The van der Waals surface area contributed by atoms with Crippen molar-refractivity contribution in [2.24, 2.45) is 4.99 Å². The molecule has 24 heavy (non-hydrogen) atoms. The van der Waals surface area contributed by atoms with E-state index in [9.17, 15) is 9.90 Å². The molecule has 0 bridgehead atoms. The first-order valence-electron chi connectivity index (χ1n) is 7.27. The molecule has 0 aliphatic heterocycles. The van der Waals surface area contributed by atoms with Gasteiger partial charge in [-0.15, -0.1) is 0 Å². The molecule has 1 aromatic carbocycles. The van der Waals surface area contributed by atoms with Crippen molar-refractivity contribution in [3.8, 4) is 5.88 Å². The van der Waals surface area contributed by atoms with Crippen molar-refractivity contribution in [2.75, 3.05) is 0 Å². The summed E-state index contributed by atoms with van der Waals surface area (Å²) in [6.45, 7) is 0.626. The summed E-state index contributed by atoms with van der Waals surface area (Å²) >= 11 is 5.15. The second kappa shape index (κ2) is 7.10. The van der Waals surface area contributed by atoms with E-state index in [0.29, 0.717) is 12.3 Å². The Balaban J connectivity index is 1.92. The van der Waals surface area contributed by atoms with E-state index in [0.717, 1.165) is 5.56 Å². The Labute approximate surface area is 142 Å². The predicted molar refractivity (Wildman–Crippen MR) is 93.1 cm³/mol. The molecule has 3 aromatic rings. The average Bonchev–Trinajstić information content (AvgIpc) is 3.09. The number of rotatable bonds is 5. The number of benzene rings is 1. The van der Waals surface area contributed by atoms with Crippen molar-refractivity contribution < 1.29 is 9.52 Å². The molecule has 3 rings (SSSR count). The molecule has 7 heteroatoms. The fourth-order valence-corrected chi connectivity index (χ4v) is 2.48. The van der Waals surface area contributed by atoms with Crippen molar-refractivity contribution in [2.45, 2.75) is 13.1 Å². The summed E-state index contributed by atoms with van der Waals surface area (Å²) in [7, 11) is 0. The summed E-state index contributed by atoms with van der Waals surface area (Å²) in [6, 6.07) is 13.1. The van der Waals surface area contributed by atoms with Crippen LogP contribution in [0.5, 0.6) is 5.88 Å². The lowest BCUT2D eigenvalue weighted by Crippen LogP contribution is -2.19. The van der Waals surface area contributed by atoms with Crippen LogP contribution in [0.3, 0.4) is 0 Å². The first-order chi connectivity index (χ1) is 11.6. The molecular formula is C17H15N3O3S. The summed E-state index contributed by atoms with van der Waals surface area (Å²) in [4.78, 5) is 18.7. The van der Waals surface area contributed by atoms with Gasteiger partial charge in [0, 0.05) is 6.21 Å². The lowest BCUT2D eigenvalue weighted by Gasteiger charge is -2.11. The van der Waals surface area contributed by atoms with Crippen molar-refractivity contribution >= 4 is 18.4 Å². The zero-order chi connectivity index (χ0) is 16.9. The van der Waals surface area contributed by atoms with E-state index in [1.54, 1.807) is 18.4 Å². The normalized spacial score (nSPS) is 11.2. The second-order valence-electron chi connectivity index (χ2n) is 5.12. The van der Waals surface area contributed by atoms with Crippen LogP contribution >= 0.6 is 12.2 Å². The third kappa shape index (κ3) is 3.52. The largest absolute Gasteiger partial charge is 0.494 e. The first-order valence-corrected chi connectivity index (χ1v) is 7.68. The maximum Gasteiger partial charge on any atom is 0.264 e. The summed E-state index contributed by atoms with van der Waals surface area (Å²) in [5.41, 5.74) is 0.533. The van der Waals surface area contributed by atoms with Gasteiger partial charge in [-0.2, -0.15) is 0 Å². The molecule has 0 saturated carbocycles. The van der Waals surface area contributed by atoms with Gasteiger partial charge in [0.05, 0.1) is 19.4 Å². The third-order valence-electron chi connectivity index (χ3n) is 3.44. The smallest absolute Gasteiger partial charge is 0.264 e. The fraction of sp³-hybridized carbons (Fsp3) is 0.118. The molecular weight excluding hydrogens is 326 g/mol. The number of nitrogens with zero attached hydrogens (tertiary/aromatic N) is 2. The molecule has 6 nitrogen and oxygen atoms in total. The highest BCUT2D eigenvalue weighted by Crippen LogP contribution is 2.14. The van der Waals surface area contributed by atoms with Gasteiger partial charge in [0.1, 0.15) is 11.3 Å². The molecule has 2 heterocycles. The molecule has 0 radical (unpaired) electrons. The second-order valence-corrected chi connectivity index (χ2v) is 5.50. The van der Waals surface area contributed by atoms with E-state index in [4.69, 9.17) is 16.6 Å². The summed E-state index contributed by atoms with van der Waals surface area (Å²) in [6.07, 6.45) is 2.88. The van der Waals surface area contributed by atoms with Crippen LogP contribution in [0.4, 0.5) is 0 Å². The number of hydrogen-bond donors (Lipinski definition) is 2. The molecule has 0 unspecified atom stereocenters. The molecule has 0 spiro atoms. The third-order valence-corrected chi connectivity index (χ3v) is 3.76. The number of hydrogen-bond acceptors (Lipinski definition) is 5. The summed E-state index contributed by atoms with van der Waals surface area (Å²) in [5.74, 6) is 0.454. The van der Waals surface area contributed by atoms with Gasteiger partial charge in [0.15, 0.2) is 4.77 Å². The van der Waals surface area contributed by atoms with Crippen LogP contribution in [0.1, 0.15) is 16.9 Å². The van der Waals surface area contributed by atoms with Gasteiger partial charge in [-0.05, 0) is 29.9 Å². The lowest BCUT2D eigenvalue weighted by molar-refractivity contribution is 0.411. The molecule has 0 saturated heterocycles. The number of aliphatic imine (C=N–C) groups is 1. The lowest BCUT2D eigenvalue weighted by atomic mass is 10.2. The zero-order valence-electron chi connectivity index (χ0n) is 12.7. The predicted octanol–water partition coefficient (Wildman–Crippen LogP) is 2.87. The van der Waals surface area contributed by atoms with Crippen LogP contribution in [0.25, 0.3) is 0 Å². The Morgan fingerprint density at radius 2 is 2.04 bits per heavy atom. The average molecular weight is 341 g/mol. The number of aromatic hydroxyl groups is 1. The van der Waals surface area contributed by atoms with Crippen LogP contribution in [0.2, 0.25) is 0 Å². The van der Waals surface area contributed by atoms with Crippen LogP contribution in [0, 0.1) is 4.77 Å². The number of aromatic nitrogens is 2. The highest BCUT2D eigenvalue weighted by atomic mass is 32.1. The van der Waals surface area contributed by atoms with Gasteiger partial charge in [-0.25, -0.2) is 0 Å². The van der Waals surface area contributed by atoms with Gasteiger partial charge < -0.3 is 9.52 Å². The number of nitrogens with one attached hydrogen (secondary N) is 1. The Morgan fingerprint density at radius 1 is 1.25 bits per heavy atom. The van der Waals surface area contributed by atoms with Crippen molar-refractivity contribution in [1.82, 2.24) is 9.55 Å². The molecule has 122 valence electrons. The maximum atomic E-state index is 12.0. The monoisotopic (exact) mass is 341 g/mol. The molecule has 0 aliphatic carbocycles. The van der Waals surface area contributed by atoms with E-state index in [2.05, 4.69) is 9.98 Å². The van der Waals surface area contributed by atoms with Gasteiger partial charge in [-0.3, -0.25) is 19.3 Å². The minimum absolute atomic E-state index is 0.0612. The van der Waals surface area contributed by atoms with Crippen molar-refractivity contribution in [3.05, 3.63) is 80.7 Å².